The maximum absolute atomic E-state index is 5.96. The van der Waals surface area contributed by atoms with E-state index < -0.39 is 0 Å². The maximum atomic E-state index is 5.96. The van der Waals surface area contributed by atoms with Gasteiger partial charge in [0.1, 0.15) is 0 Å². The molecule has 0 radical (unpaired) electrons. The SMILES string of the molecule is CCc1ccc(N(C)CC2CCC(N)C2)cc1. The molecule has 1 aliphatic carbocycles. The van der Waals surface area contributed by atoms with Crippen LogP contribution in [0, 0.1) is 5.92 Å². The van der Waals surface area contributed by atoms with Crippen LogP contribution in [0.4, 0.5) is 5.69 Å². The first kappa shape index (κ1) is 12.4. The van der Waals surface area contributed by atoms with Crippen LogP contribution in [0.15, 0.2) is 24.3 Å². The number of nitrogens with zero attached hydrogens (tertiary/aromatic N) is 1. The number of benzene rings is 1. The van der Waals surface area contributed by atoms with Gasteiger partial charge in [0, 0.05) is 25.3 Å². The van der Waals surface area contributed by atoms with Crippen LogP contribution >= 0.6 is 0 Å². The van der Waals surface area contributed by atoms with Gasteiger partial charge in [-0.25, -0.2) is 0 Å². The fraction of sp³-hybridized carbons (Fsp3) is 0.600. The topological polar surface area (TPSA) is 29.3 Å². The van der Waals surface area contributed by atoms with Gasteiger partial charge in [-0.2, -0.15) is 0 Å². The highest BCUT2D eigenvalue weighted by Crippen LogP contribution is 2.26. The van der Waals surface area contributed by atoms with E-state index in [0.29, 0.717) is 6.04 Å². The van der Waals surface area contributed by atoms with Crippen molar-refractivity contribution in [3.8, 4) is 0 Å². The van der Waals surface area contributed by atoms with Crippen molar-refractivity contribution in [3.05, 3.63) is 29.8 Å². The lowest BCUT2D eigenvalue weighted by Gasteiger charge is -2.23. The minimum Gasteiger partial charge on any atom is -0.374 e. The fourth-order valence-corrected chi connectivity index (χ4v) is 2.76. The van der Waals surface area contributed by atoms with E-state index in [1.165, 1.54) is 30.5 Å². The van der Waals surface area contributed by atoms with Crippen LogP contribution in [-0.2, 0) is 6.42 Å². The molecule has 0 bridgehead atoms. The number of aryl methyl sites for hydroxylation is 1. The first-order valence-electron chi connectivity index (χ1n) is 6.74. The Morgan fingerprint density at radius 2 is 1.94 bits per heavy atom. The molecule has 2 atom stereocenters. The summed E-state index contributed by atoms with van der Waals surface area (Å²) in [4.78, 5) is 2.36. The van der Waals surface area contributed by atoms with E-state index in [4.69, 9.17) is 5.73 Å². The molecule has 0 aliphatic heterocycles. The average molecular weight is 232 g/mol. The average Bonchev–Trinajstić information content (AvgIpc) is 2.75. The molecule has 2 nitrogen and oxygen atoms in total. The highest BCUT2D eigenvalue weighted by molar-refractivity contribution is 5.46. The molecular weight excluding hydrogens is 208 g/mol. The second-order valence-corrected chi connectivity index (χ2v) is 5.34. The summed E-state index contributed by atoms with van der Waals surface area (Å²) in [6, 6.07) is 9.36. The predicted molar refractivity (Wildman–Crippen MR) is 74.4 cm³/mol. The first-order chi connectivity index (χ1) is 8.19. The molecule has 0 heterocycles. The Morgan fingerprint density at radius 3 is 2.47 bits per heavy atom. The lowest BCUT2D eigenvalue weighted by Crippen LogP contribution is -2.25. The molecule has 0 spiro atoms. The summed E-state index contributed by atoms with van der Waals surface area (Å²) < 4.78 is 0. The highest BCUT2D eigenvalue weighted by Gasteiger charge is 2.22. The number of anilines is 1. The molecule has 17 heavy (non-hydrogen) atoms. The fourth-order valence-electron chi connectivity index (χ4n) is 2.76. The van der Waals surface area contributed by atoms with Gasteiger partial charge in [-0.3, -0.25) is 0 Å². The van der Waals surface area contributed by atoms with E-state index in [1.807, 2.05) is 0 Å². The molecule has 1 fully saturated rings. The standard InChI is InChI=1S/C15H24N2/c1-3-12-5-8-15(9-6-12)17(2)11-13-4-7-14(16)10-13/h5-6,8-9,13-14H,3-4,7,10-11,16H2,1-2H3. The summed E-state index contributed by atoms with van der Waals surface area (Å²) in [5.41, 5.74) is 8.69. The number of hydrogen-bond acceptors (Lipinski definition) is 2. The number of rotatable bonds is 4. The zero-order valence-corrected chi connectivity index (χ0v) is 11.0. The number of nitrogens with two attached hydrogens (primary N) is 1. The maximum Gasteiger partial charge on any atom is 0.0363 e. The smallest absolute Gasteiger partial charge is 0.0363 e. The Kier molecular flexibility index (Phi) is 4.06. The van der Waals surface area contributed by atoms with Crippen LogP contribution in [0.2, 0.25) is 0 Å². The number of hydrogen-bond donors (Lipinski definition) is 1. The van der Waals surface area contributed by atoms with E-state index in [-0.39, 0.29) is 0 Å². The molecular formula is C15H24N2. The molecule has 0 aromatic heterocycles. The molecule has 0 amide bonds. The molecule has 0 saturated heterocycles. The third-order valence-corrected chi connectivity index (χ3v) is 3.90. The van der Waals surface area contributed by atoms with E-state index in [2.05, 4.69) is 43.1 Å². The van der Waals surface area contributed by atoms with Crippen LogP contribution in [0.25, 0.3) is 0 Å². The quantitative estimate of drug-likeness (QED) is 0.865. The Labute approximate surface area is 105 Å². The van der Waals surface area contributed by atoms with E-state index in [0.717, 1.165) is 18.9 Å². The van der Waals surface area contributed by atoms with Crippen molar-refractivity contribution < 1.29 is 0 Å². The van der Waals surface area contributed by atoms with Crippen molar-refractivity contribution >= 4 is 5.69 Å². The van der Waals surface area contributed by atoms with Gasteiger partial charge in [-0.1, -0.05) is 19.1 Å². The lowest BCUT2D eigenvalue weighted by molar-refractivity contribution is 0.536. The molecule has 2 unspecified atom stereocenters. The molecule has 1 aromatic rings. The third kappa shape index (κ3) is 3.22. The summed E-state index contributed by atoms with van der Waals surface area (Å²) in [5, 5.41) is 0. The van der Waals surface area contributed by atoms with Gasteiger partial charge < -0.3 is 10.6 Å². The second kappa shape index (κ2) is 5.54. The van der Waals surface area contributed by atoms with Crippen molar-refractivity contribution in [3.63, 3.8) is 0 Å². The van der Waals surface area contributed by atoms with Crippen molar-refractivity contribution in [2.75, 3.05) is 18.5 Å². The second-order valence-electron chi connectivity index (χ2n) is 5.34. The largest absolute Gasteiger partial charge is 0.374 e. The normalized spacial score (nSPS) is 23.9. The van der Waals surface area contributed by atoms with E-state index in [1.54, 1.807) is 0 Å². The lowest BCUT2D eigenvalue weighted by atomic mass is 10.1. The van der Waals surface area contributed by atoms with Crippen LogP contribution in [0.1, 0.15) is 31.7 Å². The Bertz CT molecular complexity index is 344. The van der Waals surface area contributed by atoms with Gasteiger partial charge in [-0.15, -0.1) is 0 Å². The van der Waals surface area contributed by atoms with Crippen LogP contribution in [0.5, 0.6) is 0 Å². The third-order valence-electron chi connectivity index (χ3n) is 3.90. The van der Waals surface area contributed by atoms with E-state index in [9.17, 15) is 0 Å². The summed E-state index contributed by atoms with van der Waals surface area (Å²) in [6.45, 7) is 3.33. The van der Waals surface area contributed by atoms with Gasteiger partial charge in [0.25, 0.3) is 0 Å². The summed E-state index contributed by atoms with van der Waals surface area (Å²) in [7, 11) is 2.19. The van der Waals surface area contributed by atoms with Crippen molar-refractivity contribution in [1.29, 1.82) is 0 Å². The summed E-state index contributed by atoms with van der Waals surface area (Å²) in [6.07, 6.45) is 4.80. The molecule has 2 N–H and O–H groups in total. The monoisotopic (exact) mass is 232 g/mol. The Morgan fingerprint density at radius 1 is 1.24 bits per heavy atom. The minimum absolute atomic E-state index is 0.441. The van der Waals surface area contributed by atoms with Gasteiger partial charge in [0.2, 0.25) is 0 Å². The predicted octanol–water partition coefficient (Wildman–Crippen LogP) is 2.81. The van der Waals surface area contributed by atoms with Crippen LogP contribution in [0.3, 0.4) is 0 Å². The van der Waals surface area contributed by atoms with E-state index >= 15 is 0 Å². The Balaban J connectivity index is 1.92. The van der Waals surface area contributed by atoms with Crippen molar-refractivity contribution in [2.45, 2.75) is 38.6 Å². The van der Waals surface area contributed by atoms with Gasteiger partial charge in [0.05, 0.1) is 0 Å². The van der Waals surface area contributed by atoms with Crippen molar-refractivity contribution in [1.82, 2.24) is 0 Å². The highest BCUT2D eigenvalue weighted by atomic mass is 15.1. The van der Waals surface area contributed by atoms with Crippen LogP contribution < -0.4 is 10.6 Å². The minimum atomic E-state index is 0.441. The molecule has 2 heteroatoms. The molecule has 1 saturated carbocycles. The van der Waals surface area contributed by atoms with Gasteiger partial charge >= 0.3 is 0 Å². The first-order valence-corrected chi connectivity index (χ1v) is 6.74. The van der Waals surface area contributed by atoms with Gasteiger partial charge in [-0.05, 0) is 49.3 Å². The molecule has 2 rings (SSSR count). The van der Waals surface area contributed by atoms with Gasteiger partial charge in [0.15, 0.2) is 0 Å². The van der Waals surface area contributed by atoms with Crippen molar-refractivity contribution in [2.24, 2.45) is 11.7 Å². The summed E-state index contributed by atoms with van der Waals surface area (Å²) in [5.74, 6) is 0.779. The van der Waals surface area contributed by atoms with Crippen LogP contribution in [-0.4, -0.2) is 19.6 Å². The molecule has 1 aliphatic rings. The Hall–Kier alpha value is -1.02. The summed E-state index contributed by atoms with van der Waals surface area (Å²) >= 11 is 0. The zero-order chi connectivity index (χ0) is 12.3. The molecule has 94 valence electrons. The molecule has 1 aromatic carbocycles. The zero-order valence-electron chi connectivity index (χ0n) is 11.0.